The van der Waals surface area contributed by atoms with Crippen LogP contribution in [0.1, 0.15) is 20.3 Å². The van der Waals surface area contributed by atoms with Crippen LogP contribution >= 0.6 is 15.9 Å². The molecule has 0 saturated heterocycles. The van der Waals surface area contributed by atoms with Gasteiger partial charge >= 0.3 is 0 Å². The Labute approximate surface area is 97.2 Å². The summed E-state index contributed by atoms with van der Waals surface area (Å²) in [6, 6.07) is 4.26. The van der Waals surface area contributed by atoms with Gasteiger partial charge in [0, 0.05) is 12.5 Å². The van der Waals surface area contributed by atoms with Crippen molar-refractivity contribution in [3.8, 4) is 5.75 Å². The van der Waals surface area contributed by atoms with Gasteiger partial charge in [0.25, 0.3) is 0 Å². The van der Waals surface area contributed by atoms with Gasteiger partial charge in [0.2, 0.25) is 0 Å². The summed E-state index contributed by atoms with van der Waals surface area (Å²) in [5.74, 6) is 0.121. The van der Waals surface area contributed by atoms with Gasteiger partial charge in [-0.3, -0.25) is 0 Å². The second-order valence-electron chi connectivity index (χ2n) is 3.99. The fourth-order valence-corrected chi connectivity index (χ4v) is 1.36. The van der Waals surface area contributed by atoms with E-state index in [9.17, 15) is 9.50 Å². The van der Waals surface area contributed by atoms with Crippen LogP contribution in [0.3, 0.4) is 0 Å². The number of rotatable bonds is 4. The standard InChI is InChI=1S/C11H14BrFO2/c1-11(2,14)5-6-15-10-7-8(13)3-4-9(10)12/h3-4,7,14H,5-6H2,1-2H3. The first-order valence-electron chi connectivity index (χ1n) is 4.69. The second-order valence-corrected chi connectivity index (χ2v) is 4.84. The molecule has 0 spiro atoms. The molecule has 0 heterocycles. The molecule has 0 fully saturated rings. The minimum atomic E-state index is -0.764. The molecule has 0 aliphatic carbocycles. The zero-order chi connectivity index (χ0) is 11.5. The molecule has 15 heavy (non-hydrogen) atoms. The maximum atomic E-state index is 12.9. The van der Waals surface area contributed by atoms with Gasteiger partial charge in [-0.15, -0.1) is 0 Å². The molecule has 0 aromatic heterocycles. The molecule has 1 rings (SSSR count). The lowest BCUT2D eigenvalue weighted by Crippen LogP contribution is -2.21. The Balaban J connectivity index is 2.54. The Morgan fingerprint density at radius 3 is 2.73 bits per heavy atom. The highest BCUT2D eigenvalue weighted by Gasteiger charge is 2.12. The Morgan fingerprint density at radius 2 is 2.13 bits per heavy atom. The van der Waals surface area contributed by atoms with E-state index in [1.165, 1.54) is 12.1 Å². The van der Waals surface area contributed by atoms with E-state index in [0.717, 1.165) is 0 Å². The molecule has 0 aliphatic rings. The van der Waals surface area contributed by atoms with Crippen molar-refractivity contribution in [2.75, 3.05) is 6.61 Å². The topological polar surface area (TPSA) is 29.5 Å². The van der Waals surface area contributed by atoms with Crippen LogP contribution < -0.4 is 4.74 Å². The van der Waals surface area contributed by atoms with Gasteiger partial charge in [0.05, 0.1) is 16.7 Å². The lowest BCUT2D eigenvalue weighted by atomic mass is 10.1. The molecule has 0 bridgehead atoms. The molecule has 2 nitrogen and oxygen atoms in total. The van der Waals surface area contributed by atoms with E-state index in [0.29, 0.717) is 23.2 Å². The molecule has 0 radical (unpaired) electrons. The summed E-state index contributed by atoms with van der Waals surface area (Å²) in [6.45, 7) is 3.76. The van der Waals surface area contributed by atoms with E-state index >= 15 is 0 Å². The predicted octanol–water partition coefficient (Wildman–Crippen LogP) is 3.13. The number of hydrogen-bond donors (Lipinski definition) is 1. The number of benzene rings is 1. The summed E-state index contributed by atoms with van der Waals surface area (Å²) in [4.78, 5) is 0. The molecule has 84 valence electrons. The van der Waals surface area contributed by atoms with Crippen LogP contribution in [0.2, 0.25) is 0 Å². The maximum Gasteiger partial charge on any atom is 0.136 e. The average Bonchev–Trinajstić information content (AvgIpc) is 2.09. The first-order chi connectivity index (χ1) is 6.88. The van der Waals surface area contributed by atoms with E-state index < -0.39 is 5.60 Å². The fourth-order valence-electron chi connectivity index (χ4n) is 0.999. The van der Waals surface area contributed by atoms with E-state index in [4.69, 9.17) is 4.74 Å². The molecule has 1 aromatic rings. The van der Waals surface area contributed by atoms with Crippen molar-refractivity contribution in [3.05, 3.63) is 28.5 Å². The van der Waals surface area contributed by atoms with Crippen LogP contribution in [0, 0.1) is 5.82 Å². The van der Waals surface area contributed by atoms with E-state index in [1.54, 1.807) is 19.9 Å². The lowest BCUT2D eigenvalue weighted by molar-refractivity contribution is 0.0552. The van der Waals surface area contributed by atoms with Crippen molar-refractivity contribution < 1.29 is 14.2 Å². The largest absolute Gasteiger partial charge is 0.492 e. The van der Waals surface area contributed by atoms with Gasteiger partial charge in [-0.1, -0.05) is 0 Å². The van der Waals surface area contributed by atoms with Crippen LogP contribution in [0.25, 0.3) is 0 Å². The highest BCUT2D eigenvalue weighted by atomic mass is 79.9. The van der Waals surface area contributed by atoms with Gasteiger partial charge < -0.3 is 9.84 Å². The van der Waals surface area contributed by atoms with Crippen LogP contribution in [-0.2, 0) is 0 Å². The summed E-state index contributed by atoms with van der Waals surface area (Å²) in [5, 5.41) is 9.45. The number of halogens is 2. The Hall–Kier alpha value is -0.610. The first-order valence-corrected chi connectivity index (χ1v) is 5.48. The highest BCUT2D eigenvalue weighted by molar-refractivity contribution is 9.10. The van der Waals surface area contributed by atoms with Crippen molar-refractivity contribution in [1.29, 1.82) is 0 Å². The van der Waals surface area contributed by atoms with Gasteiger partial charge in [-0.25, -0.2) is 4.39 Å². The van der Waals surface area contributed by atoms with Crippen LogP contribution in [0.5, 0.6) is 5.75 Å². The summed E-state index contributed by atoms with van der Waals surface area (Å²) >= 11 is 3.26. The van der Waals surface area contributed by atoms with Gasteiger partial charge in [-0.05, 0) is 41.9 Å². The van der Waals surface area contributed by atoms with Crippen LogP contribution in [0.4, 0.5) is 4.39 Å². The molecule has 4 heteroatoms. The molecule has 0 amide bonds. The highest BCUT2D eigenvalue weighted by Crippen LogP contribution is 2.25. The molecule has 0 saturated carbocycles. The molecule has 0 atom stereocenters. The van der Waals surface area contributed by atoms with Gasteiger partial charge in [-0.2, -0.15) is 0 Å². The molecular weight excluding hydrogens is 263 g/mol. The van der Waals surface area contributed by atoms with Crippen LogP contribution in [0.15, 0.2) is 22.7 Å². The van der Waals surface area contributed by atoms with E-state index in [1.807, 2.05) is 0 Å². The Kier molecular flexibility index (Phi) is 4.11. The maximum absolute atomic E-state index is 12.9. The average molecular weight is 277 g/mol. The number of aliphatic hydroxyl groups is 1. The summed E-state index contributed by atoms with van der Waals surface area (Å²) < 4.78 is 18.9. The smallest absolute Gasteiger partial charge is 0.136 e. The monoisotopic (exact) mass is 276 g/mol. The third-order valence-corrected chi connectivity index (χ3v) is 2.52. The molecule has 0 aliphatic heterocycles. The fraction of sp³-hybridized carbons (Fsp3) is 0.455. The molecular formula is C11H14BrFO2. The number of hydrogen-bond acceptors (Lipinski definition) is 2. The predicted molar refractivity (Wildman–Crippen MR) is 60.5 cm³/mol. The minimum Gasteiger partial charge on any atom is -0.492 e. The Morgan fingerprint density at radius 1 is 1.47 bits per heavy atom. The summed E-state index contributed by atoms with van der Waals surface area (Å²) in [7, 11) is 0. The molecule has 1 N–H and O–H groups in total. The normalized spacial score (nSPS) is 11.5. The molecule has 0 unspecified atom stereocenters. The van der Waals surface area contributed by atoms with Crippen molar-refractivity contribution >= 4 is 15.9 Å². The second kappa shape index (κ2) is 4.94. The van der Waals surface area contributed by atoms with Crippen molar-refractivity contribution in [1.82, 2.24) is 0 Å². The summed E-state index contributed by atoms with van der Waals surface area (Å²) in [6.07, 6.45) is 0.496. The summed E-state index contributed by atoms with van der Waals surface area (Å²) in [5.41, 5.74) is -0.764. The third kappa shape index (κ3) is 4.62. The quantitative estimate of drug-likeness (QED) is 0.916. The minimum absolute atomic E-state index is 0.337. The third-order valence-electron chi connectivity index (χ3n) is 1.86. The van der Waals surface area contributed by atoms with Gasteiger partial charge in [0.1, 0.15) is 11.6 Å². The van der Waals surface area contributed by atoms with Crippen molar-refractivity contribution in [2.24, 2.45) is 0 Å². The SMILES string of the molecule is CC(C)(O)CCOc1cc(F)ccc1Br. The lowest BCUT2D eigenvalue weighted by Gasteiger charge is -2.17. The molecule has 1 aromatic carbocycles. The van der Waals surface area contributed by atoms with Crippen molar-refractivity contribution in [2.45, 2.75) is 25.9 Å². The zero-order valence-corrected chi connectivity index (χ0v) is 10.3. The van der Waals surface area contributed by atoms with Crippen molar-refractivity contribution in [3.63, 3.8) is 0 Å². The van der Waals surface area contributed by atoms with E-state index in [2.05, 4.69) is 15.9 Å². The van der Waals surface area contributed by atoms with Gasteiger partial charge in [0.15, 0.2) is 0 Å². The van der Waals surface area contributed by atoms with Crippen LogP contribution in [-0.4, -0.2) is 17.3 Å². The zero-order valence-electron chi connectivity index (χ0n) is 8.76. The van der Waals surface area contributed by atoms with E-state index in [-0.39, 0.29) is 5.82 Å². The Bertz CT molecular complexity index is 334. The first kappa shape index (κ1) is 12.5. The number of ether oxygens (including phenoxy) is 1.